The van der Waals surface area contributed by atoms with E-state index < -0.39 is 0 Å². The molecule has 1 atom stereocenters. The second kappa shape index (κ2) is 5.44. The number of nitrogens with zero attached hydrogens (tertiary/aromatic N) is 5. The summed E-state index contributed by atoms with van der Waals surface area (Å²) < 4.78 is 3.88. The number of anilines is 1. The third-order valence-corrected chi connectivity index (χ3v) is 4.02. The lowest BCUT2D eigenvalue weighted by molar-refractivity contribution is 0.632. The zero-order valence-electron chi connectivity index (χ0n) is 13.8. The molecule has 0 aliphatic heterocycles. The van der Waals surface area contributed by atoms with E-state index in [0.717, 1.165) is 29.4 Å². The molecular weight excluding hydrogens is 276 g/mol. The van der Waals surface area contributed by atoms with E-state index in [1.54, 1.807) is 6.20 Å². The fraction of sp³-hybridized carbons (Fsp3) is 0.438. The van der Waals surface area contributed by atoms with Gasteiger partial charge in [0.1, 0.15) is 5.82 Å². The van der Waals surface area contributed by atoms with Crippen LogP contribution in [0.5, 0.6) is 0 Å². The summed E-state index contributed by atoms with van der Waals surface area (Å²) in [6.07, 6.45) is 1.77. The van der Waals surface area contributed by atoms with Gasteiger partial charge in [-0.05, 0) is 34.6 Å². The summed E-state index contributed by atoms with van der Waals surface area (Å²) in [6.45, 7) is 11.3. The summed E-state index contributed by atoms with van der Waals surface area (Å²) in [6, 6.07) is 4.08. The molecule has 6 nitrogen and oxygen atoms in total. The fourth-order valence-corrected chi connectivity index (χ4v) is 3.08. The molecule has 0 spiro atoms. The lowest BCUT2D eigenvalue weighted by Gasteiger charge is -2.17. The van der Waals surface area contributed by atoms with E-state index in [9.17, 15) is 0 Å². The number of fused-ring (bicyclic) bond motifs is 1. The van der Waals surface area contributed by atoms with Crippen molar-refractivity contribution in [1.29, 1.82) is 0 Å². The highest BCUT2D eigenvalue weighted by Crippen LogP contribution is 2.25. The first kappa shape index (κ1) is 14.6. The van der Waals surface area contributed by atoms with Crippen LogP contribution in [0.4, 0.5) is 5.82 Å². The maximum absolute atomic E-state index is 4.60. The number of hydrogen-bond acceptors (Lipinski definition) is 4. The maximum atomic E-state index is 4.60. The van der Waals surface area contributed by atoms with Crippen molar-refractivity contribution in [3.05, 3.63) is 41.0 Å². The van der Waals surface area contributed by atoms with Crippen LogP contribution in [-0.2, 0) is 6.54 Å². The summed E-state index contributed by atoms with van der Waals surface area (Å²) in [4.78, 5) is 4.47. The molecule has 0 aliphatic rings. The van der Waals surface area contributed by atoms with Crippen molar-refractivity contribution < 1.29 is 0 Å². The highest BCUT2D eigenvalue weighted by Gasteiger charge is 2.18. The van der Waals surface area contributed by atoms with Crippen molar-refractivity contribution in [1.82, 2.24) is 24.4 Å². The van der Waals surface area contributed by atoms with Gasteiger partial charge in [-0.2, -0.15) is 14.7 Å². The Kier molecular flexibility index (Phi) is 3.60. The summed E-state index contributed by atoms with van der Waals surface area (Å²) in [5.74, 6) is 0.947. The third kappa shape index (κ3) is 2.34. The van der Waals surface area contributed by atoms with Crippen molar-refractivity contribution in [2.75, 3.05) is 5.32 Å². The van der Waals surface area contributed by atoms with Gasteiger partial charge in [-0.15, -0.1) is 0 Å². The Hall–Kier alpha value is -2.37. The van der Waals surface area contributed by atoms with Crippen LogP contribution in [0, 0.1) is 20.8 Å². The molecule has 0 fully saturated rings. The predicted molar refractivity (Wildman–Crippen MR) is 87.1 cm³/mol. The van der Waals surface area contributed by atoms with Crippen LogP contribution >= 0.6 is 0 Å². The van der Waals surface area contributed by atoms with Crippen LogP contribution in [0.3, 0.4) is 0 Å². The maximum Gasteiger partial charge on any atom is 0.157 e. The lowest BCUT2D eigenvalue weighted by Crippen LogP contribution is -2.13. The summed E-state index contributed by atoms with van der Waals surface area (Å²) >= 11 is 0. The van der Waals surface area contributed by atoms with Crippen molar-refractivity contribution in [2.45, 2.75) is 47.2 Å². The van der Waals surface area contributed by atoms with Gasteiger partial charge in [0.2, 0.25) is 0 Å². The Balaban J connectivity index is 1.98. The Labute approximate surface area is 130 Å². The molecule has 22 heavy (non-hydrogen) atoms. The van der Waals surface area contributed by atoms with E-state index in [-0.39, 0.29) is 6.04 Å². The van der Waals surface area contributed by atoms with Gasteiger partial charge in [0.05, 0.1) is 17.9 Å². The Morgan fingerprint density at radius 1 is 1.27 bits per heavy atom. The molecule has 0 saturated carbocycles. The normalized spacial score (nSPS) is 12.8. The van der Waals surface area contributed by atoms with E-state index in [1.165, 1.54) is 11.3 Å². The van der Waals surface area contributed by atoms with Crippen LogP contribution in [0.15, 0.2) is 18.3 Å². The second-order valence-corrected chi connectivity index (χ2v) is 5.65. The minimum absolute atomic E-state index is 0.148. The van der Waals surface area contributed by atoms with Gasteiger partial charge in [0.25, 0.3) is 0 Å². The molecule has 3 aromatic rings. The van der Waals surface area contributed by atoms with Crippen LogP contribution < -0.4 is 5.32 Å². The molecule has 0 amide bonds. The molecule has 0 saturated heterocycles. The second-order valence-electron chi connectivity index (χ2n) is 5.65. The first-order chi connectivity index (χ1) is 10.5. The zero-order chi connectivity index (χ0) is 15.9. The number of aromatic nitrogens is 5. The molecule has 1 N–H and O–H groups in total. The molecule has 116 valence electrons. The predicted octanol–water partition coefficient (Wildman–Crippen LogP) is 3.04. The monoisotopic (exact) mass is 298 g/mol. The minimum Gasteiger partial charge on any atom is -0.363 e. The van der Waals surface area contributed by atoms with Gasteiger partial charge in [0.15, 0.2) is 5.65 Å². The highest BCUT2D eigenvalue weighted by atomic mass is 15.3. The molecule has 0 aromatic carbocycles. The highest BCUT2D eigenvalue weighted by molar-refractivity contribution is 5.50. The number of nitrogens with one attached hydrogen (secondary N) is 1. The van der Waals surface area contributed by atoms with Gasteiger partial charge in [-0.1, -0.05) is 0 Å². The van der Waals surface area contributed by atoms with E-state index in [1.807, 2.05) is 28.3 Å². The van der Waals surface area contributed by atoms with Gasteiger partial charge in [-0.3, -0.25) is 4.68 Å². The first-order valence-corrected chi connectivity index (χ1v) is 7.63. The number of hydrogen-bond donors (Lipinski definition) is 1. The van der Waals surface area contributed by atoms with Crippen molar-refractivity contribution in [2.24, 2.45) is 0 Å². The molecule has 0 radical (unpaired) electrons. The molecule has 0 bridgehead atoms. The molecular formula is C16H22N6. The van der Waals surface area contributed by atoms with Crippen molar-refractivity contribution in [3.63, 3.8) is 0 Å². The van der Waals surface area contributed by atoms with Crippen LogP contribution in [0.1, 0.15) is 42.5 Å². The summed E-state index contributed by atoms with van der Waals surface area (Å²) in [5, 5.41) is 12.5. The van der Waals surface area contributed by atoms with Gasteiger partial charge < -0.3 is 5.32 Å². The van der Waals surface area contributed by atoms with Gasteiger partial charge in [0, 0.05) is 35.6 Å². The van der Waals surface area contributed by atoms with Crippen LogP contribution in [0.25, 0.3) is 5.65 Å². The molecule has 6 heteroatoms. The number of rotatable bonds is 4. The average molecular weight is 298 g/mol. The number of aryl methyl sites for hydroxylation is 3. The Morgan fingerprint density at radius 3 is 2.73 bits per heavy atom. The summed E-state index contributed by atoms with van der Waals surface area (Å²) in [5.41, 5.74) is 5.36. The molecule has 1 unspecified atom stereocenters. The van der Waals surface area contributed by atoms with Crippen molar-refractivity contribution >= 4 is 11.5 Å². The van der Waals surface area contributed by atoms with Crippen molar-refractivity contribution in [3.8, 4) is 0 Å². The van der Waals surface area contributed by atoms with Crippen LogP contribution in [0.2, 0.25) is 0 Å². The quantitative estimate of drug-likeness (QED) is 0.804. The lowest BCUT2D eigenvalue weighted by atomic mass is 10.1. The van der Waals surface area contributed by atoms with E-state index in [2.05, 4.69) is 48.2 Å². The molecule has 3 aromatic heterocycles. The average Bonchev–Trinajstić information content (AvgIpc) is 3.03. The van der Waals surface area contributed by atoms with E-state index >= 15 is 0 Å². The molecule has 3 heterocycles. The standard InChI is InChI=1S/C16H22N6/c1-6-21-13(5)16(12(4)20-21)11(3)19-15-9-10(2)18-14-7-8-17-22(14)15/h7-9,11,19H,6H2,1-5H3. The van der Waals surface area contributed by atoms with Gasteiger partial charge in [-0.25, -0.2) is 4.98 Å². The smallest absolute Gasteiger partial charge is 0.157 e. The molecule has 3 rings (SSSR count). The largest absolute Gasteiger partial charge is 0.363 e. The zero-order valence-corrected chi connectivity index (χ0v) is 13.8. The minimum atomic E-state index is 0.148. The van der Waals surface area contributed by atoms with E-state index in [4.69, 9.17) is 0 Å². The van der Waals surface area contributed by atoms with Gasteiger partial charge >= 0.3 is 0 Å². The third-order valence-electron chi connectivity index (χ3n) is 4.02. The van der Waals surface area contributed by atoms with Crippen LogP contribution in [-0.4, -0.2) is 24.4 Å². The Morgan fingerprint density at radius 2 is 2.05 bits per heavy atom. The Bertz CT molecular complexity index is 814. The SMILES string of the molecule is CCn1nc(C)c(C(C)Nc2cc(C)nc3ccnn23)c1C. The summed E-state index contributed by atoms with van der Waals surface area (Å²) in [7, 11) is 0. The molecule has 0 aliphatic carbocycles. The van der Waals surface area contributed by atoms with E-state index in [0.29, 0.717) is 0 Å². The topological polar surface area (TPSA) is 60.0 Å². The first-order valence-electron chi connectivity index (χ1n) is 7.63. The fourth-order valence-electron chi connectivity index (χ4n) is 3.08.